The molecule has 6 nitrogen and oxygen atoms in total. The number of carbonyl (C=O) groups excluding carboxylic acids is 1. The van der Waals surface area contributed by atoms with Gasteiger partial charge in [0.1, 0.15) is 5.82 Å². The molecule has 1 aliphatic heterocycles. The summed E-state index contributed by atoms with van der Waals surface area (Å²) in [5.41, 5.74) is 3.12. The molecular weight excluding hydrogens is 302 g/mol. The van der Waals surface area contributed by atoms with Crippen molar-refractivity contribution in [3.8, 4) is 0 Å². The van der Waals surface area contributed by atoms with Crippen LogP contribution in [0, 0.1) is 13.8 Å². The molecule has 0 spiro atoms. The fraction of sp³-hybridized carbons (Fsp3) is 0.389. The normalized spacial score (nSPS) is 17.2. The summed E-state index contributed by atoms with van der Waals surface area (Å²) in [6, 6.07) is 8.02. The minimum atomic E-state index is 0.00994. The maximum absolute atomic E-state index is 12.4. The van der Waals surface area contributed by atoms with Gasteiger partial charge >= 0.3 is 0 Å². The molecule has 0 bridgehead atoms. The van der Waals surface area contributed by atoms with Gasteiger partial charge in [-0.3, -0.25) is 4.79 Å². The van der Waals surface area contributed by atoms with E-state index < -0.39 is 0 Å². The molecule has 2 aromatic rings. The van der Waals surface area contributed by atoms with Crippen LogP contribution in [-0.2, 0) is 4.79 Å². The Morgan fingerprint density at radius 2 is 2.08 bits per heavy atom. The fourth-order valence-electron chi connectivity index (χ4n) is 2.99. The molecule has 1 aromatic heterocycles. The number of benzene rings is 1. The van der Waals surface area contributed by atoms with Gasteiger partial charge in [0.05, 0.1) is 6.04 Å². The van der Waals surface area contributed by atoms with Crippen LogP contribution in [0.1, 0.15) is 17.5 Å². The molecule has 2 heterocycles. The van der Waals surface area contributed by atoms with Gasteiger partial charge in [-0.05, 0) is 31.5 Å². The smallest absolute Gasteiger partial charge is 0.229 e. The van der Waals surface area contributed by atoms with E-state index >= 15 is 0 Å². The molecule has 0 saturated carbocycles. The predicted molar refractivity (Wildman–Crippen MR) is 96.7 cm³/mol. The van der Waals surface area contributed by atoms with Crippen LogP contribution in [0.5, 0.6) is 0 Å². The van der Waals surface area contributed by atoms with Crippen molar-refractivity contribution in [3.05, 3.63) is 41.6 Å². The average molecular weight is 325 g/mol. The molecule has 1 N–H and O–H groups in total. The zero-order valence-electron chi connectivity index (χ0n) is 14.6. The van der Waals surface area contributed by atoms with Crippen molar-refractivity contribution in [3.63, 3.8) is 0 Å². The first-order valence-electron chi connectivity index (χ1n) is 8.08. The minimum Gasteiger partial charge on any atom is -0.362 e. The molecule has 0 aliphatic carbocycles. The Balaban J connectivity index is 1.74. The van der Waals surface area contributed by atoms with Crippen LogP contribution in [0.25, 0.3) is 0 Å². The summed E-state index contributed by atoms with van der Waals surface area (Å²) in [4.78, 5) is 25.0. The van der Waals surface area contributed by atoms with Gasteiger partial charge in [-0.25, -0.2) is 4.98 Å². The van der Waals surface area contributed by atoms with Crippen LogP contribution in [0.3, 0.4) is 0 Å². The predicted octanol–water partition coefficient (Wildman–Crippen LogP) is 2.38. The number of hydrogen-bond donors (Lipinski definition) is 1. The molecular formula is C18H23N5O. The standard InChI is InChI=1S/C18H23N5O/c1-12-6-5-7-15(8-12)23-11-14(9-16(23)24)20-18-19-10-13(2)17(21-18)22(3)4/h5-8,10,14H,9,11H2,1-4H3,(H,19,20,21). The third-order valence-electron chi connectivity index (χ3n) is 4.14. The minimum absolute atomic E-state index is 0.00994. The van der Waals surface area contributed by atoms with E-state index in [-0.39, 0.29) is 11.9 Å². The van der Waals surface area contributed by atoms with E-state index in [2.05, 4.69) is 15.3 Å². The topological polar surface area (TPSA) is 61.4 Å². The molecule has 1 aromatic carbocycles. The zero-order valence-corrected chi connectivity index (χ0v) is 14.6. The maximum atomic E-state index is 12.4. The summed E-state index contributed by atoms with van der Waals surface area (Å²) in [5, 5.41) is 3.30. The molecule has 1 fully saturated rings. The SMILES string of the molecule is Cc1cccc(N2CC(Nc3ncc(C)c(N(C)C)n3)CC2=O)c1. The molecule has 0 radical (unpaired) electrons. The summed E-state index contributed by atoms with van der Waals surface area (Å²) in [7, 11) is 3.91. The molecule has 1 aliphatic rings. The Hall–Kier alpha value is -2.63. The van der Waals surface area contributed by atoms with E-state index in [0.717, 1.165) is 22.6 Å². The van der Waals surface area contributed by atoms with Crippen molar-refractivity contribution in [2.24, 2.45) is 0 Å². The number of hydrogen-bond acceptors (Lipinski definition) is 5. The highest BCUT2D eigenvalue weighted by molar-refractivity contribution is 5.96. The Bertz CT molecular complexity index is 759. The van der Waals surface area contributed by atoms with E-state index in [1.165, 1.54) is 0 Å². The first-order valence-corrected chi connectivity index (χ1v) is 8.08. The van der Waals surface area contributed by atoms with Crippen LogP contribution in [0.2, 0.25) is 0 Å². The van der Waals surface area contributed by atoms with Crippen molar-refractivity contribution in [1.82, 2.24) is 9.97 Å². The van der Waals surface area contributed by atoms with E-state index in [1.807, 2.05) is 62.0 Å². The second-order valence-electron chi connectivity index (χ2n) is 6.48. The average Bonchev–Trinajstić information content (AvgIpc) is 2.89. The second-order valence-corrected chi connectivity index (χ2v) is 6.48. The lowest BCUT2D eigenvalue weighted by atomic mass is 10.2. The molecule has 24 heavy (non-hydrogen) atoms. The summed E-state index contributed by atoms with van der Waals surface area (Å²) in [6.45, 7) is 4.64. The monoisotopic (exact) mass is 325 g/mol. The van der Waals surface area contributed by atoms with E-state index in [9.17, 15) is 4.79 Å². The number of nitrogens with zero attached hydrogens (tertiary/aromatic N) is 4. The van der Waals surface area contributed by atoms with Crippen LogP contribution in [-0.4, -0.2) is 42.6 Å². The first-order chi connectivity index (χ1) is 11.4. The Kier molecular flexibility index (Phi) is 4.38. The van der Waals surface area contributed by atoms with Gasteiger partial charge in [0, 0.05) is 44.5 Å². The van der Waals surface area contributed by atoms with Gasteiger partial charge in [-0.15, -0.1) is 0 Å². The van der Waals surface area contributed by atoms with Gasteiger partial charge in [-0.2, -0.15) is 4.98 Å². The highest BCUT2D eigenvalue weighted by atomic mass is 16.2. The lowest BCUT2D eigenvalue weighted by molar-refractivity contribution is -0.117. The number of aromatic nitrogens is 2. The van der Waals surface area contributed by atoms with Gasteiger partial charge in [0.2, 0.25) is 11.9 Å². The molecule has 3 rings (SSSR count). The van der Waals surface area contributed by atoms with Crippen LogP contribution < -0.4 is 15.1 Å². The van der Waals surface area contributed by atoms with Crippen molar-refractivity contribution in [2.75, 3.05) is 35.8 Å². The summed E-state index contributed by atoms with van der Waals surface area (Å²) < 4.78 is 0. The third kappa shape index (κ3) is 3.32. The van der Waals surface area contributed by atoms with Gasteiger partial charge in [0.25, 0.3) is 0 Å². The summed E-state index contributed by atoms with van der Waals surface area (Å²) >= 11 is 0. The number of amides is 1. The number of anilines is 3. The summed E-state index contributed by atoms with van der Waals surface area (Å²) in [5.74, 6) is 1.57. The lowest BCUT2D eigenvalue weighted by Crippen LogP contribution is -2.28. The number of aryl methyl sites for hydroxylation is 2. The molecule has 126 valence electrons. The summed E-state index contributed by atoms with van der Waals surface area (Å²) in [6.07, 6.45) is 2.25. The van der Waals surface area contributed by atoms with Crippen molar-refractivity contribution in [2.45, 2.75) is 26.3 Å². The number of nitrogens with one attached hydrogen (secondary N) is 1. The number of rotatable bonds is 4. The first kappa shape index (κ1) is 16.2. The highest BCUT2D eigenvalue weighted by Gasteiger charge is 2.31. The third-order valence-corrected chi connectivity index (χ3v) is 4.14. The maximum Gasteiger partial charge on any atom is 0.229 e. The quantitative estimate of drug-likeness (QED) is 0.935. The van der Waals surface area contributed by atoms with Crippen LogP contribution in [0.4, 0.5) is 17.5 Å². The Morgan fingerprint density at radius 3 is 2.79 bits per heavy atom. The van der Waals surface area contributed by atoms with Gasteiger partial charge in [-0.1, -0.05) is 12.1 Å². The molecule has 1 atom stereocenters. The molecule has 1 saturated heterocycles. The molecule has 6 heteroatoms. The fourth-order valence-corrected chi connectivity index (χ4v) is 2.99. The van der Waals surface area contributed by atoms with Crippen molar-refractivity contribution in [1.29, 1.82) is 0 Å². The van der Waals surface area contributed by atoms with Crippen LogP contribution >= 0.6 is 0 Å². The Labute approximate surface area is 142 Å². The largest absolute Gasteiger partial charge is 0.362 e. The van der Waals surface area contributed by atoms with E-state index in [4.69, 9.17) is 0 Å². The van der Waals surface area contributed by atoms with Crippen LogP contribution in [0.15, 0.2) is 30.5 Å². The van der Waals surface area contributed by atoms with Crippen molar-refractivity contribution >= 4 is 23.4 Å². The molecule has 1 unspecified atom stereocenters. The Morgan fingerprint density at radius 1 is 1.29 bits per heavy atom. The van der Waals surface area contributed by atoms with Gasteiger partial charge in [0.15, 0.2) is 0 Å². The van der Waals surface area contributed by atoms with E-state index in [1.54, 1.807) is 6.20 Å². The molecule has 1 amide bonds. The lowest BCUT2D eigenvalue weighted by Gasteiger charge is -2.19. The number of carbonyl (C=O) groups is 1. The zero-order chi connectivity index (χ0) is 17.3. The highest BCUT2D eigenvalue weighted by Crippen LogP contribution is 2.24. The van der Waals surface area contributed by atoms with Crippen molar-refractivity contribution < 1.29 is 4.79 Å². The van der Waals surface area contributed by atoms with E-state index in [0.29, 0.717) is 18.9 Å². The second kappa shape index (κ2) is 6.47. The van der Waals surface area contributed by atoms with Gasteiger partial charge < -0.3 is 15.1 Å².